The van der Waals surface area contributed by atoms with E-state index < -0.39 is 0 Å². The summed E-state index contributed by atoms with van der Waals surface area (Å²) in [6, 6.07) is 7.83. The van der Waals surface area contributed by atoms with E-state index in [1.165, 1.54) is 12.1 Å². The maximum atomic E-state index is 12.4. The molecule has 20 heavy (non-hydrogen) atoms. The van der Waals surface area contributed by atoms with E-state index >= 15 is 0 Å². The van der Waals surface area contributed by atoms with Crippen molar-refractivity contribution in [3.05, 3.63) is 52.7 Å². The summed E-state index contributed by atoms with van der Waals surface area (Å²) in [4.78, 5) is 16.6. The lowest BCUT2D eigenvalue weighted by molar-refractivity contribution is 0.257. The molecule has 102 valence electrons. The van der Waals surface area contributed by atoms with Crippen molar-refractivity contribution >= 4 is 0 Å². The minimum absolute atomic E-state index is 0.123. The molecule has 0 unspecified atom stereocenters. The van der Waals surface area contributed by atoms with Crippen molar-refractivity contribution in [1.29, 1.82) is 0 Å². The molecule has 0 radical (unpaired) electrons. The van der Waals surface area contributed by atoms with Gasteiger partial charge in [0.1, 0.15) is 0 Å². The average Bonchev–Trinajstić information content (AvgIpc) is 2.49. The van der Waals surface area contributed by atoms with Crippen LogP contribution in [0.3, 0.4) is 0 Å². The smallest absolute Gasteiger partial charge is 0.251 e. The van der Waals surface area contributed by atoms with Gasteiger partial charge in [-0.05, 0) is 36.6 Å². The van der Waals surface area contributed by atoms with Gasteiger partial charge >= 0.3 is 0 Å². The largest absolute Gasteiger partial charge is 0.316 e. The maximum Gasteiger partial charge on any atom is 0.251 e. The Kier molecular flexibility index (Phi) is 2.70. The Labute approximate surface area is 117 Å². The molecule has 0 aliphatic carbocycles. The fourth-order valence-corrected chi connectivity index (χ4v) is 3.50. The molecule has 2 aromatic rings. The molecule has 1 N–H and O–H groups in total. The van der Waals surface area contributed by atoms with Crippen LogP contribution in [0.1, 0.15) is 18.0 Å². The van der Waals surface area contributed by atoms with Crippen LogP contribution in [0, 0.1) is 5.92 Å². The molecule has 2 aliphatic rings. The van der Waals surface area contributed by atoms with Gasteiger partial charge in [0.2, 0.25) is 0 Å². The third-order valence-electron chi connectivity index (χ3n) is 4.46. The van der Waals surface area contributed by atoms with Crippen LogP contribution in [0.2, 0.25) is 0 Å². The molecule has 0 saturated carbocycles. The normalized spacial score (nSPS) is 24.2. The van der Waals surface area contributed by atoms with Gasteiger partial charge in [-0.1, -0.05) is 6.07 Å². The Hall–Kier alpha value is -1.94. The Bertz CT molecular complexity index is 693. The highest BCUT2D eigenvalue weighted by Crippen LogP contribution is 2.33. The first-order valence-corrected chi connectivity index (χ1v) is 7.17. The van der Waals surface area contributed by atoms with Gasteiger partial charge in [-0.15, -0.1) is 0 Å². The fourth-order valence-electron chi connectivity index (χ4n) is 3.50. The van der Waals surface area contributed by atoms with Crippen LogP contribution in [0.25, 0.3) is 11.1 Å². The number of hydrogen-bond donors (Lipinski definition) is 1. The number of hydrogen-bond acceptors (Lipinski definition) is 3. The quantitative estimate of drug-likeness (QED) is 0.854. The number of nitrogens with one attached hydrogen (secondary N) is 1. The average molecular weight is 267 g/mol. The molecule has 0 spiro atoms. The Morgan fingerprint density at radius 2 is 2.20 bits per heavy atom. The van der Waals surface area contributed by atoms with E-state index in [2.05, 4.69) is 16.4 Å². The molecule has 2 bridgehead atoms. The lowest BCUT2D eigenvalue weighted by Crippen LogP contribution is -2.44. The Balaban J connectivity index is 1.86. The van der Waals surface area contributed by atoms with Crippen molar-refractivity contribution in [3.63, 3.8) is 0 Å². The molecule has 4 rings (SSSR count). The first-order valence-electron chi connectivity index (χ1n) is 7.17. The lowest BCUT2D eigenvalue weighted by Gasteiger charge is -2.37. The van der Waals surface area contributed by atoms with Crippen LogP contribution >= 0.6 is 0 Å². The zero-order chi connectivity index (χ0) is 13.5. The molecule has 2 aromatic heterocycles. The summed E-state index contributed by atoms with van der Waals surface area (Å²) in [5, 5.41) is 3.48. The molecule has 2 aliphatic heterocycles. The topological polar surface area (TPSA) is 46.9 Å². The highest BCUT2D eigenvalue weighted by Gasteiger charge is 2.31. The molecular formula is C16H17N3O. The van der Waals surface area contributed by atoms with Crippen LogP contribution in [0.5, 0.6) is 0 Å². The molecule has 4 heteroatoms. The summed E-state index contributed by atoms with van der Waals surface area (Å²) in [5.74, 6) is 1.06. The van der Waals surface area contributed by atoms with Gasteiger partial charge in [-0.2, -0.15) is 0 Å². The van der Waals surface area contributed by atoms with Crippen LogP contribution < -0.4 is 10.9 Å². The fraction of sp³-hybridized carbons (Fsp3) is 0.375. The van der Waals surface area contributed by atoms with E-state index in [0.717, 1.165) is 30.8 Å². The van der Waals surface area contributed by atoms with Gasteiger partial charge in [0, 0.05) is 48.7 Å². The Morgan fingerprint density at radius 1 is 1.25 bits per heavy atom. The van der Waals surface area contributed by atoms with Gasteiger partial charge in [0.25, 0.3) is 5.56 Å². The van der Waals surface area contributed by atoms with E-state index in [0.29, 0.717) is 11.8 Å². The van der Waals surface area contributed by atoms with Crippen LogP contribution in [0.4, 0.5) is 0 Å². The highest BCUT2D eigenvalue weighted by molar-refractivity contribution is 5.62. The van der Waals surface area contributed by atoms with E-state index in [1.54, 1.807) is 12.3 Å². The zero-order valence-corrected chi connectivity index (χ0v) is 11.2. The SMILES string of the molecule is O=c1cc(-c2cccnc2)cc2n1C[C@@H]1CNC[C@H]2C1. The summed E-state index contributed by atoms with van der Waals surface area (Å²) < 4.78 is 1.97. The third-order valence-corrected chi connectivity index (χ3v) is 4.46. The number of nitrogens with zero attached hydrogens (tertiary/aromatic N) is 2. The first-order chi connectivity index (χ1) is 9.81. The van der Waals surface area contributed by atoms with Gasteiger partial charge < -0.3 is 9.88 Å². The van der Waals surface area contributed by atoms with Gasteiger partial charge in [0.15, 0.2) is 0 Å². The van der Waals surface area contributed by atoms with Crippen molar-refractivity contribution in [2.45, 2.75) is 18.9 Å². The molecule has 1 saturated heterocycles. The minimum atomic E-state index is 0.123. The summed E-state index contributed by atoms with van der Waals surface area (Å²) in [6.45, 7) is 2.87. The van der Waals surface area contributed by atoms with Crippen molar-refractivity contribution in [2.24, 2.45) is 5.92 Å². The maximum absolute atomic E-state index is 12.4. The molecule has 0 amide bonds. The van der Waals surface area contributed by atoms with Gasteiger partial charge in [0.05, 0.1) is 0 Å². The van der Waals surface area contributed by atoms with Crippen LogP contribution in [-0.2, 0) is 6.54 Å². The molecule has 4 nitrogen and oxygen atoms in total. The predicted molar refractivity (Wildman–Crippen MR) is 77.7 cm³/mol. The van der Waals surface area contributed by atoms with Gasteiger partial charge in [-0.3, -0.25) is 9.78 Å². The van der Waals surface area contributed by atoms with E-state index in [9.17, 15) is 4.79 Å². The standard InChI is InChI=1S/C16H17N3O/c20-16-6-13(12-2-1-3-17-8-12)5-15-14-4-11(7-18-9-14)10-19(15)16/h1-3,5-6,8,11,14,18H,4,7,9-10H2/t11-,14+/m0/s1. The summed E-state index contributed by atoms with van der Waals surface area (Å²) in [5.41, 5.74) is 3.30. The predicted octanol–water partition coefficient (Wildman–Crippen LogP) is 1.62. The van der Waals surface area contributed by atoms with Crippen molar-refractivity contribution in [1.82, 2.24) is 14.9 Å². The van der Waals surface area contributed by atoms with E-state index in [4.69, 9.17) is 0 Å². The second-order valence-electron chi connectivity index (χ2n) is 5.82. The molecule has 2 atom stereocenters. The minimum Gasteiger partial charge on any atom is -0.316 e. The van der Waals surface area contributed by atoms with Crippen molar-refractivity contribution in [3.8, 4) is 11.1 Å². The zero-order valence-electron chi connectivity index (χ0n) is 11.2. The lowest BCUT2D eigenvalue weighted by atomic mass is 9.83. The highest BCUT2D eigenvalue weighted by atomic mass is 16.1. The first kappa shape index (κ1) is 11.9. The second-order valence-corrected chi connectivity index (χ2v) is 5.82. The van der Waals surface area contributed by atoms with Crippen molar-refractivity contribution in [2.75, 3.05) is 13.1 Å². The van der Waals surface area contributed by atoms with Gasteiger partial charge in [-0.25, -0.2) is 0 Å². The number of aromatic nitrogens is 2. The molecule has 4 heterocycles. The number of piperidine rings is 1. The second kappa shape index (κ2) is 4.56. The third kappa shape index (κ3) is 1.88. The summed E-state index contributed by atoms with van der Waals surface area (Å²) in [6.07, 6.45) is 4.77. The van der Waals surface area contributed by atoms with Crippen molar-refractivity contribution < 1.29 is 0 Å². The van der Waals surface area contributed by atoms with E-state index in [-0.39, 0.29) is 5.56 Å². The number of fused-ring (bicyclic) bond motifs is 4. The molecular weight excluding hydrogens is 250 g/mol. The van der Waals surface area contributed by atoms with Crippen LogP contribution in [-0.4, -0.2) is 22.6 Å². The summed E-state index contributed by atoms with van der Waals surface area (Å²) >= 11 is 0. The molecule has 0 aromatic carbocycles. The van der Waals surface area contributed by atoms with E-state index in [1.807, 2.05) is 22.9 Å². The number of pyridine rings is 2. The Morgan fingerprint density at radius 3 is 3.05 bits per heavy atom. The summed E-state index contributed by atoms with van der Waals surface area (Å²) in [7, 11) is 0. The van der Waals surface area contributed by atoms with Crippen LogP contribution in [0.15, 0.2) is 41.5 Å². The molecule has 1 fully saturated rings. The number of rotatable bonds is 1. The monoisotopic (exact) mass is 267 g/mol.